The second-order valence-electron chi connectivity index (χ2n) is 4.27. The molecule has 2 rings (SSSR count). The SMILES string of the molecule is Cc1c(Cl)cccc1S(=O)(=O)N1CC[C@H](N)C1. The predicted molar refractivity (Wildman–Crippen MR) is 67.5 cm³/mol. The van der Waals surface area contributed by atoms with Crippen LogP contribution in [0.15, 0.2) is 23.1 Å². The van der Waals surface area contributed by atoms with Crippen molar-refractivity contribution >= 4 is 21.6 Å². The third-order valence-electron chi connectivity index (χ3n) is 3.02. The fourth-order valence-corrected chi connectivity index (χ4v) is 3.97. The predicted octanol–water partition coefficient (Wildman–Crippen LogP) is 1.37. The Kier molecular flexibility index (Phi) is 3.45. The molecule has 2 N–H and O–H groups in total. The van der Waals surface area contributed by atoms with Gasteiger partial charge in [-0.2, -0.15) is 4.31 Å². The molecule has 1 aromatic carbocycles. The van der Waals surface area contributed by atoms with E-state index in [4.69, 9.17) is 17.3 Å². The maximum Gasteiger partial charge on any atom is 0.243 e. The Balaban J connectivity index is 2.42. The summed E-state index contributed by atoms with van der Waals surface area (Å²) in [5.41, 5.74) is 6.33. The van der Waals surface area contributed by atoms with Crippen LogP contribution in [0.25, 0.3) is 0 Å². The number of nitrogens with two attached hydrogens (primary N) is 1. The quantitative estimate of drug-likeness (QED) is 0.886. The summed E-state index contributed by atoms with van der Waals surface area (Å²) in [4.78, 5) is 0.277. The van der Waals surface area contributed by atoms with Crippen molar-refractivity contribution in [1.29, 1.82) is 0 Å². The molecule has 94 valence electrons. The van der Waals surface area contributed by atoms with Gasteiger partial charge in [0.15, 0.2) is 0 Å². The molecule has 1 atom stereocenters. The monoisotopic (exact) mass is 274 g/mol. The Morgan fingerprint density at radius 2 is 2.18 bits per heavy atom. The van der Waals surface area contributed by atoms with E-state index in [-0.39, 0.29) is 10.9 Å². The molecule has 4 nitrogen and oxygen atoms in total. The minimum Gasteiger partial charge on any atom is -0.326 e. The molecule has 0 saturated carbocycles. The largest absolute Gasteiger partial charge is 0.326 e. The van der Waals surface area contributed by atoms with Crippen LogP contribution in [0.5, 0.6) is 0 Å². The van der Waals surface area contributed by atoms with Gasteiger partial charge in [-0.05, 0) is 31.0 Å². The molecule has 0 radical (unpaired) electrons. The summed E-state index contributed by atoms with van der Waals surface area (Å²) in [5, 5.41) is 0.467. The molecular weight excluding hydrogens is 260 g/mol. The van der Waals surface area contributed by atoms with Gasteiger partial charge in [-0.15, -0.1) is 0 Å². The maximum absolute atomic E-state index is 12.4. The second-order valence-corrected chi connectivity index (χ2v) is 6.59. The van der Waals surface area contributed by atoms with Crippen molar-refractivity contribution in [3.05, 3.63) is 28.8 Å². The van der Waals surface area contributed by atoms with Crippen LogP contribution in [0, 0.1) is 6.92 Å². The van der Waals surface area contributed by atoms with E-state index in [1.807, 2.05) is 0 Å². The van der Waals surface area contributed by atoms with Crippen molar-refractivity contribution in [2.45, 2.75) is 24.3 Å². The summed E-state index contributed by atoms with van der Waals surface area (Å²) >= 11 is 5.95. The average Bonchev–Trinajstić information content (AvgIpc) is 2.69. The lowest BCUT2D eigenvalue weighted by Gasteiger charge is -2.17. The van der Waals surface area contributed by atoms with E-state index in [9.17, 15) is 8.42 Å². The highest BCUT2D eigenvalue weighted by molar-refractivity contribution is 7.89. The zero-order valence-corrected chi connectivity index (χ0v) is 11.1. The highest BCUT2D eigenvalue weighted by Crippen LogP contribution is 2.27. The minimum absolute atomic E-state index is 0.0655. The van der Waals surface area contributed by atoms with Gasteiger partial charge in [-0.25, -0.2) is 8.42 Å². The molecule has 1 saturated heterocycles. The van der Waals surface area contributed by atoms with E-state index >= 15 is 0 Å². The molecule has 0 amide bonds. The van der Waals surface area contributed by atoms with Crippen LogP contribution in [0.4, 0.5) is 0 Å². The lowest BCUT2D eigenvalue weighted by Crippen LogP contribution is -2.32. The van der Waals surface area contributed by atoms with E-state index in [0.717, 1.165) is 0 Å². The van der Waals surface area contributed by atoms with Gasteiger partial charge in [0.25, 0.3) is 0 Å². The lowest BCUT2D eigenvalue weighted by molar-refractivity contribution is 0.472. The van der Waals surface area contributed by atoms with E-state index < -0.39 is 10.0 Å². The van der Waals surface area contributed by atoms with Crippen LogP contribution in [-0.4, -0.2) is 31.9 Å². The van der Waals surface area contributed by atoms with Gasteiger partial charge in [0, 0.05) is 24.2 Å². The third kappa shape index (κ3) is 2.33. The van der Waals surface area contributed by atoms with E-state index in [1.54, 1.807) is 25.1 Å². The summed E-state index contributed by atoms with van der Waals surface area (Å²) in [6.45, 7) is 2.58. The molecule has 1 aromatic rings. The summed E-state index contributed by atoms with van der Waals surface area (Å²) in [6, 6.07) is 4.86. The van der Waals surface area contributed by atoms with Crippen LogP contribution in [-0.2, 0) is 10.0 Å². The normalized spacial score (nSPS) is 21.9. The van der Waals surface area contributed by atoms with Crippen LogP contribution in [0.2, 0.25) is 5.02 Å². The number of hydrogen-bond donors (Lipinski definition) is 1. The molecule has 1 fully saturated rings. The van der Waals surface area contributed by atoms with Gasteiger partial charge in [0.1, 0.15) is 0 Å². The second kappa shape index (κ2) is 4.57. The number of halogens is 1. The fraction of sp³-hybridized carbons (Fsp3) is 0.455. The topological polar surface area (TPSA) is 63.4 Å². The summed E-state index contributed by atoms with van der Waals surface area (Å²) < 4.78 is 26.2. The van der Waals surface area contributed by atoms with Crippen molar-refractivity contribution in [3.63, 3.8) is 0 Å². The highest BCUT2D eigenvalue weighted by atomic mass is 35.5. The van der Waals surface area contributed by atoms with E-state index in [1.165, 1.54) is 4.31 Å². The van der Waals surface area contributed by atoms with Crippen molar-refractivity contribution in [1.82, 2.24) is 4.31 Å². The Labute approximate surface area is 106 Å². The molecule has 1 heterocycles. The summed E-state index contributed by atoms with van der Waals surface area (Å²) in [7, 11) is -3.46. The Bertz CT molecular complexity index is 530. The van der Waals surface area contributed by atoms with Crippen molar-refractivity contribution in [3.8, 4) is 0 Å². The summed E-state index contributed by atoms with van der Waals surface area (Å²) in [6.07, 6.45) is 0.707. The number of hydrogen-bond acceptors (Lipinski definition) is 3. The van der Waals surface area contributed by atoms with Crippen LogP contribution < -0.4 is 5.73 Å². The molecule has 0 aliphatic carbocycles. The Morgan fingerprint density at radius 1 is 1.47 bits per heavy atom. The molecule has 17 heavy (non-hydrogen) atoms. The van der Waals surface area contributed by atoms with Gasteiger partial charge < -0.3 is 5.73 Å². The molecule has 0 aromatic heterocycles. The average molecular weight is 275 g/mol. The molecule has 0 unspecified atom stereocenters. The molecule has 6 heteroatoms. The van der Waals surface area contributed by atoms with Gasteiger partial charge in [-0.1, -0.05) is 17.7 Å². The van der Waals surface area contributed by atoms with Crippen LogP contribution in [0.1, 0.15) is 12.0 Å². The summed E-state index contributed by atoms with van der Waals surface area (Å²) in [5.74, 6) is 0. The van der Waals surface area contributed by atoms with Gasteiger partial charge in [0.2, 0.25) is 10.0 Å². The fourth-order valence-electron chi connectivity index (χ4n) is 1.98. The van der Waals surface area contributed by atoms with Gasteiger partial charge >= 0.3 is 0 Å². The van der Waals surface area contributed by atoms with Crippen molar-refractivity contribution < 1.29 is 8.42 Å². The highest BCUT2D eigenvalue weighted by Gasteiger charge is 2.32. The van der Waals surface area contributed by atoms with Gasteiger partial charge in [-0.3, -0.25) is 0 Å². The first kappa shape index (κ1) is 12.8. The lowest BCUT2D eigenvalue weighted by atomic mass is 10.2. The minimum atomic E-state index is -3.46. The zero-order chi connectivity index (χ0) is 12.6. The molecule has 0 bridgehead atoms. The first-order chi connectivity index (χ1) is 7.93. The number of nitrogens with zero attached hydrogens (tertiary/aromatic N) is 1. The van der Waals surface area contributed by atoms with Crippen molar-refractivity contribution in [2.24, 2.45) is 5.73 Å². The Hall–Kier alpha value is -0.620. The first-order valence-electron chi connectivity index (χ1n) is 5.44. The Morgan fingerprint density at radius 3 is 2.76 bits per heavy atom. The van der Waals surface area contributed by atoms with Crippen molar-refractivity contribution in [2.75, 3.05) is 13.1 Å². The zero-order valence-electron chi connectivity index (χ0n) is 9.56. The number of benzene rings is 1. The molecule has 1 aliphatic rings. The number of sulfonamides is 1. The number of rotatable bonds is 2. The molecule has 0 spiro atoms. The molecular formula is C11H15ClN2O2S. The van der Waals surface area contributed by atoms with E-state index in [0.29, 0.717) is 30.1 Å². The van der Waals surface area contributed by atoms with Crippen LogP contribution >= 0.6 is 11.6 Å². The maximum atomic E-state index is 12.4. The third-order valence-corrected chi connectivity index (χ3v) is 5.44. The standard InChI is InChI=1S/C11H15ClN2O2S/c1-8-10(12)3-2-4-11(8)17(15,16)14-6-5-9(13)7-14/h2-4,9H,5-7,13H2,1H3/t9-/m0/s1. The smallest absolute Gasteiger partial charge is 0.243 e. The first-order valence-corrected chi connectivity index (χ1v) is 7.25. The van der Waals surface area contributed by atoms with E-state index in [2.05, 4.69) is 0 Å². The van der Waals surface area contributed by atoms with Gasteiger partial charge in [0.05, 0.1) is 4.90 Å². The van der Waals surface area contributed by atoms with Crippen LogP contribution in [0.3, 0.4) is 0 Å². The molecule has 1 aliphatic heterocycles.